The summed E-state index contributed by atoms with van der Waals surface area (Å²) in [6.45, 7) is 0. The summed E-state index contributed by atoms with van der Waals surface area (Å²) >= 11 is 0. The Balaban J connectivity index is 1.56. The highest BCUT2D eigenvalue weighted by molar-refractivity contribution is 7.89. The van der Waals surface area contributed by atoms with Crippen molar-refractivity contribution in [3.05, 3.63) is 59.2 Å². The Labute approximate surface area is 216 Å². The molecule has 1 spiro atoms. The van der Waals surface area contributed by atoms with Crippen molar-refractivity contribution >= 4 is 39.2 Å². The lowest BCUT2D eigenvalue weighted by atomic mass is 9.75. The zero-order valence-corrected chi connectivity index (χ0v) is 21.0. The maximum atomic E-state index is 13.5. The van der Waals surface area contributed by atoms with Gasteiger partial charge in [0.1, 0.15) is 5.54 Å². The molecule has 4 amide bonds. The molecule has 0 aromatic heterocycles. The molecule has 1 saturated heterocycles. The normalized spacial score (nSPS) is 16.9. The van der Waals surface area contributed by atoms with Gasteiger partial charge in [0.2, 0.25) is 15.9 Å². The Morgan fingerprint density at radius 1 is 1.11 bits per heavy atom. The zero-order valence-electron chi connectivity index (χ0n) is 20.2. The minimum absolute atomic E-state index is 0.00346. The van der Waals surface area contributed by atoms with Gasteiger partial charge in [0.25, 0.3) is 5.91 Å². The van der Waals surface area contributed by atoms with Gasteiger partial charge in [0, 0.05) is 12.1 Å². The second-order valence-corrected chi connectivity index (χ2v) is 11.0. The van der Waals surface area contributed by atoms with Gasteiger partial charge >= 0.3 is 12.2 Å². The number of aryl methyl sites for hydroxylation is 1. The summed E-state index contributed by atoms with van der Waals surface area (Å²) in [5.74, 6) is -1.23. The number of halogens is 3. The molecule has 2 aromatic rings. The summed E-state index contributed by atoms with van der Waals surface area (Å²) in [6.07, 6.45) is -1.76. The molecule has 200 valence electrons. The van der Waals surface area contributed by atoms with Gasteiger partial charge in [0.05, 0.1) is 29.1 Å². The molecule has 0 radical (unpaired) electrons. The van der Waals surface area contributed by atoms with Gasteiger partial charge < -0.3 is 0 Å². The summed E-state index contributed by atoms with van der Waals surface area (Å²) in [7, 11) is -3.63. The van der Waals surface area contributed by atoms with Gasteiger partial charge in [-0.05, 0) is 68.0 Å². The van der Waals surface area contributed by atoms with Crippen molar-refractivity contribution in [1.82, 2.24) is 4.72 Å². The van der Waals surface area contributed by atoms with Crippen molar-refractivity contribution in [3.8, 4) is 6.07 Å². The minimum atomic E-state index is -4.85. The summed E-state index contributed by atoms with van der Waals surface area (Å²) in [6, 6.07) is 10.1. The predicted molar refractivity (Wildman–Crippen MR) is 130 cm³/mol. The third-order valence-corrected chi connectivity index (χ3v) is 7.24. The highest BCUT2D eigenvalue weighted by Gasteiger charge is 2.61. The molecule has 38 heavy (non-hydrogen) atoms. The Kier molecular flexibility index (Phi) is 6.96. The maximum Gasteiger partial charge on any atom is 0.417 e. The smallest absolute Gasteiger partial charge is 0.278 e. The monoisotopic (exact) mass is 548 g/mol. The molecule has 2 aromatic carbocycles. The quantitative estimate of drug-likeness (QED) is 0.524. The average Bonchev–Trinajstić information content (AvgIpc) is 3.04. The number of anilines is 2. The molecule has 1 aliphatic carbocycles. The molecule has 1 heterocycles. The molecule has 0 atom stereocenters. The fraction of sp³-hybridized carbons (Fsp3) is 0.360. The van der Waals surface area contributed by atoms with E-state index in [2.05, 4.69) is 0 Å². The van der Waals surface area contributed by atoms with E-state index in [0.717, 1.165) is 28.9 Å². The number of urea groups is 1. The predicted octanol–water partition coefficient (Wildman–Crippen LogP) is 3.87. The molecule has 13 heteroatoms. The van der Waals surface area contributed by atoms with Gasteiger partial charge in [-0.25, -0.2) is 18.1 Å². The van der Waals surface area contributed by atoms with E-state index in [4.69, 9.17) is 5.26 Å². The maximum absolute atomic E-state index is 13.5. The van der Waals surface area contributed by atoms with Crippen LogP contribution in [0.5, 0.6) is 0 Å². The number of hydrogen-bond acceptors (Lipinski definition) is 6. The van der Waals surface area contributed by atoms with E-state index in [0.29, 0.717) is 43.9 Å². The largest absolute Gasteiger partial charge is 0.417 e. The molecule has 4 rings (SSSR count). The molecular weight excluding hydrogens is 525 g/mol. The number of carbonyl (C=O) groups excluding carboxylic acids is 3. The van der Waals surface area contributed by atoms with Crippen molar-refractivity contribution in [2.45, 2.75) is 50.2 Å². The van der Waals surface area contributed by atoms with Crippen LogP contribution in [0.15, 0.2) is 42.5 Å². The molecule has 1 saturated carbocycles. The van der Waals surface area contributed by atoms with Gasteiger partial charge in [-0.1, -0.05) is 12.1 Å². The molecule has 9 nitrogen and oxygen atoms in total. The lowest BCUT2D eigenvalue weighted by Gasteiger charge is -2.42. The molecule has 1 aliphatic heterocycles. The SMILES string of the molecule is CS(=O)(=O)NC(=O)CCCc1ccc(N2C(=O)N(c3ccc(C#N)c(C(F)(F)F)c3)C(=O)C23CCC3)cc1. The van der Waals surface area contributed by atoms with Gasteiger partial charge in [-0.3, -0.25) is 19.2 Å². The van der Waals surface area contributed by atoms with Crippen LogP contribution >= 0.6 is 0 Å². The van der Waals surface area contributed by atoms with Crippen LogP contribution in [0.2, 0.25) is 0 Å². The Morgan fingerprint density at radius 2 is 1.74 bits per heavy atom. The number of amides is 4. The first-order valence-corrected chi connectivity index (χ1v) is 13.6. The van der Waals surface area contributed by atoms with E-state index in [-0.39, 0.29) is 12.1 Å². The second kappa shape index (κ2) is 9.75. The van der Waals surface area contributed by atoms with Crippen LogP contribution in [0.4, 0.5) is 29.3 Å². The van der Waals surface area contributed by atoms with Crippen molar-refractivity contribution in [2.75, 3.05) is 16.1 Å². The summed E-state index contributed by atoms with van der Waals surface area (Å²) in [5.41, 5.74) is -2.10. The van der Waals surface area contributed by atoms with Crippen LogP contribution in [0.1, 0.15) is 48.8 Å². The topological polar surface area (TPSA) is 128 Å². The fourth-order valence-corrected chi connectivity index (χ4v) is 5.25. The van der Waals surface area contributed by atoms with E-state index in [9.17, 15) is 36.0 Å². The van der Waals surface area contributed by atoms with Crippen LogP contribution in [-0.2, 0) is 32.2 Å². The first-order chi connectivity index (χ1) is 17.8. The van der Waals surface area contributed by atoms with E-state index in [1.54, 1.807) is 24.3 Å². The molecule has 2 fully saturated rings. The molecule has 1 N–H and O–H groups in total. The number of alkyl halides is 3. The van der Waals surface area contributed by atoms with E-state index in [1.165, 1.54) is 11.0 Å². The van der Waals surface area contributed by atoms with E-state index in [1.807, 2.05) is 4.72 Å². The number of sulfonamides is 1. The number of nitrogens with zero attached hydrogens (tertiary/aromatic N) is 3. The van der Waals surface area contributed by atoms with E-state index < -0.39 is 50.7 Å². The molecule has 2 aliphatic rings. The second-order valence-electron chi connectivity index (χ2n) is 9.30. The fourth-order valence-electron chi connectivity index (χ4n) is 4.73. The zero-order chi connectivity index (χ0) is 27.9. The number of benzene rings is 2. The lowest BCUT2D eigenvalue weighted by Crippen LogP contribution is -2.55. The van der Waals surface area contributed by atoms with E-state index >= 15 is 0 Å². The Hall–Kier alpha value is -3.92. The van der Waals surface area contributed by atoms with Crippen molar-refractivity contribution < 1.29 is 36.0 Å². The number of imide groups is 1. The molecule has 0 bridgehead atoms. The average molecular weight is 549 g/mol. The van der Waals surface area contributed by atoms with Crippen molar-refractivity contribution in [3.63, 3.8) is 0 Å². The number of rotatable bonds is 7. The van der Waals surface area contributed by atoms with Crippen molar-refractivity contribution in [2.24, 2.45) is 0 Å². The first kappa shape index (κ1) is 27.1. The highest BCUT2D eigenvalue weighted by Crippen LogP contribution is 2.48. The van der Waals surface area contributed by atoms with Crippen LogP contribution in [0, 0.1) is 11.3 Å². The Bertz CT molecular complexity index is 1440. The van der Waals surface area contributed by atoms with Gasteiger partial charge in [-0.2, -0.15) is 18.4 Å². The van der Waals surface area contributed by atoms with Crippen LogP contribution in [0.3, 0.4) is 0 Å². The van der Waals surface area contributed by atoms with Crippen LogP contribution < -0.4 is 14.5 Å². The van der Waals surface area contributed by atoms with Gasteiger partial charge in [-0.15, -0.1) is 0 Å². The number of carbonyl (C=O) groups is 3. The number of hydrogen-bond donors (Lipinski definition) is 1. The third kappa shape index (κ3) is 5.08. The summed E-state index contributed by atoms with van der Waals surface area (Å²) < 4.78 is 64.7. The Morgan fingerprint density at radius 3 is 2.26 bits per heavy atom. The minimum Gasteiger partial charge on any atom is -0.278 e. The summed E-state index contributed by atoms with van der Waals surface area (Å²) in [5, 5.41) is 9.06. The third-order valence-electron chi connectivity index (χ3n) is 6.64. The van der Waals surface area contributed by atoms with Gasteiger partial charge in [0.15, 0.2) is 0 Å². The molecular formula is C25H23F3N4O5S. The lowest BCUT2D eigenvalue weighted by molar-refractivity contribution is -0.137. The van der Waals surface area contributed by atoms with Crippen LogP contribution in [-0.4, -0.2) is 38.1 Å². The number of nitrogens with one attached hydrogen (secondary N) is 1. The van der Waals surface area contributed by atoms with Crippen LogP contribution in [0.25, 0.3) is 0 Å². The number of nitriles is 1. The van der Waals surface area contributed by atoms with Crippen molar-refractivity contribution in [1.29, 1.82) is 5.26 Å². The highest BCUT2D eigenvalue weighted by atomic mass is 32.2. The standard InChI is InChI=1S/C25H23F3N4O5S/c1-38(36,37)30-21(33)5-2-4-16-6-9-18(10-7-16)32-23(35)31(22(34)24(32)12-3-13-24)19-11-8-17(15-29)20(14-19)25(26,27)28/h6-11,14H,2-5,12-13H2,1H3,(H,30,33). The molecule has 0 unspecified atom stereocenters. The first-order valence-electron chi connectivity index (χ1n) is 11.7. The summed E-state index contributed by atoms with van der Waals surface area (Å²) in [4.78, 5) is 40.6.